The number of hydrogen-bond acceptors (Lipinski definition) is 3. The lowest BCUT2D eigenvalue weighted by Crippen LogP contribution is -2.32. The third-order valence-electron chi connectivity index (χ3n) is 2.67. The molecule has 0 amide bonds. The molecule has 0 fully saturated rings. The number of nitrogens with zero attached hydrogens (tertiary/aromatic N) is 3. The Balaban J connectivity index is 2.37. The summed E-state index contributed by atoms with van der Waals surface area (Å²) in [6.45, 7) is 0. The summed E-state index contributed by atoms with van der Waals surface area (Å²) in [5.41, 5.74) is 16.0. The quantitative estimate of drug-likeness (QED) is 0.433. The van der Waals surface area contributed by atoms with Crippen molar-refractivity contribution in [2.75, 3.05) is 0 Å². The van der Waals surface area contributed by atoms with E-state index in [1.54, 1.807) is 24.4 Å². The minimum Gasteiger partial charge on any atom is -0.480 e. The fourth-order valence-corrected chi connectivity index (χ4v) is 1.78. The number of carboxylic acid groups (broad SMARTS) is 1. The summed E-state index contributed by atoms with van der Waals surface area (Å²) < 4.78 is 0. The number of H-pyrrole nitrogens is 1. The number of nitrogens with two attached hydrogens (primary N) is 1. The maximum atomic E-state index is 10.7. The SMILES string of the molecule is [N-]=[N+]=Nc1ccc2c(C[C@H](N)C(=O)O)c[nH]c2c1. The first-order chi connectivity index (χ1) is 8.61. The fourth-order valence-electron chi connectivity index (χ4n) is 1.78. The zero-order chi connectivity index (χ0) is 13.1. The summed E-state index contributed by atoms with van der Waals surface area (Å²) in [6, 6.07) is 4.22. The first kappa shape index (κ1) is 12.0. The summed E-state index contributed by atoms with van der Waals surface area (Å²) in [5, 5.41) is 13.2. The Morgan fingerprint density at radius 2 is 2.39 bits per heavy atom. The van der Waals surface area contributed by atoms with Gasteiger partial charge >= 0.3 is 5.97 Å². The van der Waals surface area contributed by atoms with Crippen molar-refractivity contribution in [3.63, 3.8) is 0 Å². The van der Waals surface area contributed by atoms with E-state index in [0.29, 0.717) is 5.69 Å². The minimum absolute atomic E-state index is 0.246. The molecule has 0 aliphatic heterocycles. The van der Waals surface area contributed by atoms with E-state index in [1.165, 1.54) is 0 Å². The second-order valence-electron chi connectivity index (χ2n) is 3.88. The van der Waals surface area contributed by atoms with Crippen LogP contribution in [0.1, 0.15) is 5.56 Å². The van der Waals surface area contributed by atoms with Crippen molar-refractivity contribution in [3.05, 3.63) is 40.4 Å². The predicted octanol–water partition coefficient (Wildman–Crippen LogP) is 2.06. The van der Waals surface area contributed by atoms with Gasteiger partial charge in [0.1, 0.15) is 6.04 Å². The number of benzene rings is 1. The molecule has 1 atom stereocenters. The molecule has 0 unspecified atom stereocenters. The summed E-state index contributed by atoms with van der Waals surface area (Å²) in [5.74, 6) is -1.03. The van der Waals surface area contributed by atoms with E-state index in [2.05, 4.69) is 15.0 Å². The van der Waals surface area contributed by atoms with Gasteiger partial charge in [-0.3, -0.25) is 4.79 Å². The highest BCUT2D eigenvalue weighted by Gasteiger charge is 2.14. The Kier molecular flexibility index (Phi) is 3.18. The minimum atomic E-state index is -1.03. The van der Waals surface area contributed by atoms with E-state index in [-0.39, 0.29) is 6.42 Å². The zero-order valence-corrected chi connectivity index (χ0v) is 9.37. The maximum absolute atomic E-state index is 10.7. The Morgan fingerprint density at radius 3 is 3.06 bits per heavy atom. The van der Waals surface area contributed by atoms with Gasteiger partial charge in [-0.2, -0.15) is 0 Å². The van der Waals surface area contributed by atoms with Crippen LogP contribution in [0.5, 0.6) is 0 Å². The predicted molar refractivity (Wildman–Crippen MR) is 66.4 cm³/mol. The topological polar surface area (TPSA) is 128 Å². The van der Waals surface area contributed by atoms with Crippen molar-refractivity contribution in [1.82, 2.24) is 4.98 Å². The van der Waals surface area contributed by atoms with Gasteiger partial charge in [-0.25, -0.2) is 0 Å². The molecule has 2 aromatic rings. The van der Waals surface area contributed by atoms with Gasteiger partial charge in [0.2, 0.25) is 0 Å². The molecule has 0 spiro atoms. The summed E-state index contributed by atoms with van der Waals surface area (Å²) >= 11 is 0. The summed E-state index contributed by atoms with van der Waals surface area (Å²) in [6.07, 6.45) is 1.96. The number of aliphatic carboxylic acids is 1. The fraction of sp³-hybridized carbons (Fsp3) is 0.182. The number of aromatic amines is 1. The van der Waals surface area contributed by atoms with Gasteiger partial charge in [0, 0.05) is 34.1 Å². The van der Waals surface area contributed by atoms with Gasteiger partial charge in [0.15, 0.2) is 0 Å². The van der Waals surface area contributed by atoms with Gasteiger partial charge in [0.25, 0.3) is 0 Å². The van der Waals surface area contributed by atoms with Crippen molar-refractivity contribution in [2.45, 2.75) is 12.5 Å². The van der Waals surface area contributed by atoms with Crippen LogP contribution in [0.4, 0.5) is 5.69 Å². The molecule has 0 saturated heterocycles. The van der Waals surface area contributed by atoms with Gasteiger partial charge in [0.05, 0.1) is 0 Å². The molecule has 1 heterocycles. The van der Waals surface area contributed by atoms with Gasteiger partial charge in [-0.1, -0.05) is 17.2 Å². The second-order valence-corrected chi connectivity index (χ2v) is 3.88. The normalized spacial score (nSPS) is 12.1. The van der Waals surface area contributed by atoms with Crippen LogP contribution in [0.2, 0.25) is 0 Å². The second kappa shape index (κ2) is 4.79. The number of carboxylic acids is 1. The van der Waals surface area contributed by atoms with Crippen molar-refractivity contribution in [1.29, 1.82) is 0 Å². The first-order valence-electron chi connectivity index (χ1n) is 5.25. The van der Waals surface area contributed by atoms with Crippen molar-refractivity contribution >= 4 is 22.6 Å². The molecule has 1 aromatic carbocycles. The molecule has 1 aromatic heterocycles. The van der Waals surface area contributed by atoms with E-state index in [1.807, 2.05) is 0 Å². The van der Waals surface area contributed by atoms with Crippen LogP contribution in [0.15, 0.2) is 29.5 Å². The molecule has 92 valence electrons. The largest absolute Gasteiger partial charge is 0.480 e. The van der Waals surface area contributed by atoms with Crippen LogP contribution in [-0.4, -0.2) is 22.1 Å². The van der Waals surface area contributed by atoms with E-state index in [9.17, 15) is 4.79 Å². The highest BCUT2D eigenvalue weighted by atomic mass is 16.4. The number of hydrogen-bond donors (Lipinski definition) is 3. The number of nitrogens with one attached hydrogen (secondary N) is 1. The number of rotatable bonds is 4. The number of aromatic nitrogens is 1. The van der Waals surface area contributed by atoms with E-state index in [0.717, 1.165) is 16.5 Å². The lowest BCUT2D eigenvalue weighted by atomic mass is 10.1. The average molecular weight is 245 g/mol. The Labute approximate surface area is 102 Å². The van der Waals surface area contributed by atoms with E-state index < -0.39 is 12.0 Å². The maximum Gasteiger partial charge on any atom is 0.320 e. The van der Waals surface area contributed by atoms with Crippen molar-refractivity contribution < 1.29 is 9.90 Å². The van der Waals surface area contributed by atoms with Crippen LogP contribution < -0.4 is 5.73 Å². The monoisotopic (exact) mass is 245 g/mol. The number of azide groups is 1. The lowest BCUT2D eigenvalue weighted by Gasteiger charge is -2.04. The molecule has 2 rings (SSSR count). The van der Waals surface area contributed by atoms with Gasteiger partial charge in [-0.15, -0.1) is 0 Å². The van der Waals surface area contributed by atoms with Crippen LogP contribution in [0, 0.1) is 0 Å². The summed E-state index contributed by atoms with van der Waals surface area (Å²) in [4.78, 5) is 16.4. The molecule has 4 N–H and O–H groups in total. The van der Waals surface area contributed by atoms with Gasteiger partial charge < -0.3 is 15.8 Å². The molecular formula is C11H11N5O2. The Hall–Kier alpha value is -2.50. The van der Waals surface area contributed by atoms with Crippen LogP contribution in [0.25, 0.3) is 21.3 Å². The summed E-state index contributed by atoms with van der Waals surface area (Å²) in [7, 11) is 0. The number of fused-ring (bicyclic) bond motifs is 1. The first-order valence-corrected chi connectivity index (χ1v) is 5.25. The van der Waals surface area contributed by atoms with Crippen LogP contribution >= 0.6 is 0 Å². The highest BCUT2D eigenvalue weighted by Crippen LogP contribution is 2.24. The van der Waals surface area contributed by atoms with E-state index in [4.69, 9.17) is 16.4 Å². The van der Waals surface area contributed by atoms with Crippen LogP contribution in [-0.2, 0) is 11.2 Å². The standard InChI is InChI=1S/C11H11N5O2/c12-9(11(17)18)3-6-5-14-10-4-7(15-16-13)1-2-8(6)10/h1-2,4-5,9,14H,3,12H2,(H,17,18)/t9-/m0/s1. The Bertz CT molecular complexity index is 642. The molecule has 0 aliphatic rings. The number of carbonyl (C=O) groups is 1. The Morgan fingerprint density at radius 1 is 1.61 bits per heavy atom. The lowest BCUT2D eigenvalue weighted by molar-refractivity contribution is -0.138. The average Bonchev–Trinajstić information content (AvgIpc) is 2.72. The molecule has 0 radical (unpaired) electrons. The molecular weight excluding hydrogens is 234 g/mol. The highest BCUT2D eigenvalue weighted by molar-refractivity contribution is 5.86. The molecule has 18 heavy (non-hydrogen) atoms. The zero-order valence-electron chi connectivity index (χ0n) is 9.37. The molecule has 0 aliphatic carbocycles. The molecule has 7 nitrogen and oxygen atoms in total. The van der Waals surface area contributed by atoms with Gasteiger partial charge in [-0.05, 0) is 17.2 Å². The smallest absolute Gasteiger partial charge is 0.320 e. The van der Waals surface area contributed by atoms with Crippen molar-refractivity contribution in [2.24, 2.45) is 10.8 Å². The molecule has 7 heteroatoms. The molecule has 0 bridgehead atoms. The molecule has 0 saturated carbocycles. The van der Waals surface area contributed by atoms with Crippen LogP contribution in [0.3, 0.4) is 0 Å². The third-order valence-corrected chi connectivity index (χ3v) is 2.67. The van der Waals surface area contributed by atoms with E-state index >= 15 is 0 Å². The third kappa shape index (κ3) is 2.27. The van der Waals surface area contributed by atoms with Crippen molar-refractivity contribution in [3.8, 4) is 0 Å².